The van der Waals surface area contributed by atoms with Gasteiger partial charge in [-0.2, -0.15) is 13.2 Å². The molecule has 0 spiro atoms. The number of hydrogen-bond donors (Lipinski definition) is 1. The Morgan fingerprint density at radius 1 is 1.05 bits per heavy atom. The molecule has 0 unspecified atom stereocenters. The van der Waals surface area contributed by atoms with Crippen LogP contribution >= 0.6 is 0 Å². The monoisotopic (exact) mass is 562 g/mol. The minimum Gasteiger partial charge on any atom is -0.379 e. The van der Waals surface area contributed by atoms with Gasteiger partial charge in [-0.05, 0) is 38.1 Å². The molecule has 40 heavy (non-hydrogen) atoms. The van der Waals surface area contributed by atoms with E-state index < -0.39 is 11.7 Å². The van der Waals surface area contributed by atoms with E-state index >= 15 is 0 Å². The fraction of sp³-hybridized carbons (Fsp3) is 0.536. The summed E-state index contributed by atoms with van der Waals surface area (Å²) >= 11 is 0. The zero-order chi connectivity index (χ0) is 28.7. The van der Waals surface area contributed by atoms with E-state index in [-0.39, 0.29) is 37.1 Å². The molecule has 2 aliphatic rings. The van der Waals surface area contributed by atoms with Crippen LogP contribution in [0.25, 0.3) is 0 Å². The molecule has 0 atom stereocenters. The van der Waals surface area contributed by atoms with Crippen molar-refractivity contribution in [3.05, 3.63) is 53.3 Å². The molecule has 1 fully saturated rings. The highest BCUT2D eigenvalue weighted by atomic mass is 19.4. The van der Waals surface area contributed by atoms with Gasteiger partial charge >= 0.3 is 6.18 Å². The Balaban J connectivity index is 1.55. The highest BCUT2D eigenvalue weighted by Crippen LogP contribution is 2.34. The van der Waals surface area contributed by atoms with Gasteiger partial charge in [-0.1, -0.05) is 6.07 Å². The van der Waals surface area contributed by atoms with Crippen LogP contribution in [0, 0.1) is 0 Å². The van der Waals surface area contributed by atoms with Crippen molar-refractivity contribution in [3.8, 4) is 0 Å². The summed E-state index contributed by atoms with van der Waals surface area (Å²) in [5, 5.41) is 3.19. The molecular weight excluding hydrogens is 525 g/mol. The molecule has 4 rings (SSSR count). The zero-order valence-electron chi connectivity index (χ0n) is 23.0. The van der Waals surface area contributed by atoms with Crippen LogP contribution in [0.5, 0.6) is 0 Å². The van der Waals surface area contributed by atoms with Gasteiger partial charge in [-0.3, -0.25) is 19.5 Å². The fourth-order valence-corrected chi connectivity index (χ4v) is 5.11. The molecule has 1 N–H and O–H groups in total. The second kappa shape index (κ2) is 13.3. The van der Waals surface area contributed by atoms with Gasteiger partial charge in [0.25, 0.3) is 5.91 Å². The molecule has 1 aromatic carbocycles. The number of carbonyl (C=O) groups is 2. The number of anilines is 2. The number of nitrogens with zero attached hydrogens (tertiary/aromatic N) is 5. The van der Waals surface area contributed by atoms with Crippen LogP contribution in [-0.4, -0.2) is 104 Å². The van der Waals surface area contributed by atoms with Crippen LogP contribution in [0.1, 0.15) is 35.5 Å². The number of carbonyl (C=O) groups excluding carboxylic acids is 2. The maximum Gasteiger partial charge on any atom is 0.418 e. The number of benzene rings is 1. The molecule has 0 aliphatic carbocycles. The molecule has 0 bridgehead atoms. The molecule has 9 nitrogen and oxygen atoms in total. The second-order valence-electron chi connectivity index (χ2n) is 9.78. The van der Waals surface area contributed by atoms with Gasteiger partial charge in [-0.25, -0.2) is 0 Å². The Kier molecular flexibility index (Phi) is 9.85. The summed E-state index contributed by atoms with van der Waals surface area (Å²) in [6, 6.07) is 7.61. The van der Waals surface area contributed by atoms with E-state index in [0.29, 0.717) is 70.3 Å². The maximum atomic E-state index is 13.7. The standard InChI is InChI=1S/C28H37F3N6O3/c1-3-35-13-14-36(4-2)27(39)21-7-5-9-23(26(21)35)33-19-25(38)37(12-11-34-15-17-40-18-16-34)20-24-22(28(29,30)31)8-6-10-32-24/h5-10,33H,3-4,11-20H2,1-2H3. The van der Waals surface area contributed by atoms with Crippen LogP contribution in [0.3, 0.4) is 0 Å². The Hall–Kier alpha value is -3.38. The Morgan fingerprint density at radius 2 is 1.77 bits per heavy atom. The summed E-state index contributed by atoms with van der Waals surface area (Å²) in [5.74, 6) is -0.423. The number of fused-ring (bicyclic) bond motifs is 1. The topological polar surface area (TPSA) is 81.2 Å². The van der Waals surface area contributed by atoms with E-state index in [4.69, 9.17) is 4.74 Å². The lowest BCUT2D eigenvalue weighted by Crippen LogP contribution is -2.44. The van der Waals surface area contributed by atoms with E-state index in [1.54, 1.807) is 17.0 Å². The van der Waals surface area contributed by atoms with E-state index in [1.807, 2.05) is 19.9 Å². The third-order valence-corrected chi connectivity index (χ3v) is 7.38. The van der Waals surface area contributed by atoms with Crippen molar-refractivity contribution in [1.82, 2.24) is 19.7 Å². The van der Waals surface area contributed by atoms with Gasteiger partial charge in [0.05, 0.1) is 54.5 Å². The minimum atomic E-state index is -4.58. The Morgan fingerprint density at radius 3 is 2.48 bits per heavy atom. The van der Waals surface area contributed by atoms with Crippen molar-refractivity contribution >= 4 is 23.2 Å². The van der Waals surface area contributed by atoms with Gasteiger partial charge in [0.2, 0.25) is 5.91 Å². The SMILES string of the molecule is CCN1CCN(CC)c2c(NCC(=O)N(CCN3CCOCC3)Cc3ncccc3C(F)(F)F)cccc2C1=O. The Bertz CT molecular complexity index is 1170. The van der Waals surface area contributed by atoms with E-state index in [2.05, 4.69) is 20.1 Å². The molecule has 0 radical (unpaired) electrons. The van der Waals surface area contributed by atoms with Gasteiger partial charge in [0.15, 0.2) is 0 Å². The van der Waals surface area contributed by atoms with Crippen molar-refractivity contribution in [3.63, 3.8) is 0 Å². The maximum absolute atomic E-state index is 13.7. The quantitative estimate of drug-likeness (QED) is 0.477. The number of aromatic nitrogens is 1. The number of nitrogens with one attached hydrogen (secondary N) is 1. The van der Waals surface area contributed by atoms with Gasteiger partial charge in [-0.15, -0.1) is 0 Å². The predicted molar refractivity (Wildman–Crippen MR) is 146 cm³/mol. The minimum absolute atomic E-state index is 0.0644. The van der Waals surface area contributed by atoms with Crippen LogP contribution in [-0.2, 0) is 22.3 Å². The van der Waals surface area contributed by atoms with Crippen LogP contribution < -0.4 is 10.2 Å². The zero-order valence-corrected chi connectivity index (χ0v) is 23.0. The van der Waals surface area contributed by atoms with Crippen molar-refractivity contribution in [2.24, 2.45) is 0 Å². The number of morpholine rings is 1. The van der Waals surface area contributed by atoms with Crippen molar-refractivity contribution in [2.75, 3.05) is 82.3 Å². The molecule has 0 saturated carbocycles. The first-order valence-corrected chi connectivity index (χ1v) is 13.7. The van der Waals surface area contributed by atoms with Crippen molar-refractivity contribution in [2.45, 2.75) is 26.6 Å². The molecule has 2 aliphatic heterocycles. The number of hydrogen-bond acceptors (Lipinski definition) is 7. The number of pyridine rings is 1. The average Bonchev–Trinajstić information content (AvgIpc) is 3.10. The smallest absolute Gasteiger partial charge is 0.379 e. The lowest BCUT2D eigenvalue weighted by molar-refractivity contribution is -0.140. The molecule has 1 aromatic heterocycles. The van der Waals surface area contributed by atoms with Gasteiger partial charge in [0, 0.05) is 58.6 Å². The third-order valence-electron chi connectivity index (χ3n) is 7.38. The van der Waals surface area contributed by atoms with Crippen molar-refractivity contribution < 1.29 is 27.5 Å². The molecular formula is C28H37F3N6O3. The van der Waals surface area contributed by atoms with Gasteiger partial charge in [0.1, 0.15) is 0 Å². The first kappa shape index (κ1) is 29.6. The molecule has 2 aromatic rings. The number of halogens is 3. The molecule has 3 heterocycles. The van der Waals surface area contributed by atoms with Crippen LogP contribution in [0.15, 0.2) is 36.5 Å². The lowest BCUT2D eigenvalue weighted by atomic mass is 10.1. The van der Waals surface area contributed by atoms with E-state index in [0.717, 1.165) is 11.8 Å². The molecule has 12 heteroatoms. The average molecular weight is 563 g/mol. The van der Waals surface area contributed by atoms with Crippen LogP contribution in [0.2, 0.25) is 0 Å². The summed E-state index contributed by atoms with van der Waals surface area (Å²) in [6.07, 6.45) is -3.27. The number of alkyl halides is 3. The first-order valence-electron chi connectivity index (χ1n) is 13.7. The van der Waals surface area contributed by atoms with Crippen molar-refractivity contribution in [1.29, 1.82) is 0 Å². The number of ether oxygens (including phenoxy) is 1. The molecule has 218 valence electrons. The second-order valence-corrected chi connectivity index (χ2v) is 9.78. The summed E-state index contributed by atoms with van der Waals surface area (Å²) in [6.45, 7) is 9.37. The lowest BCUT2D eigenvalue weighted by Gasteiger charge is -2.31. The summed E-state index contributed by atoms with van der Waals surface area (Å²) in [7, 11) is 0. The fourth-order valence-electron chi connectivity index (χ4n) is 5.11. The van der Waals surface area contributed by atoms with Gasteiger partial charge < -0.3 is 24.8 Å². The first-order chi connectivity index (χ1) is 19.2. The highest BCUT2D eigenvalue weighted by Gasteiger charge is 2.35. The number of para-hydroxylation sites is 1. The van der Waals surface area contributed by atoms with E-state index in [9.17, 15) is 22.8 Å². The summed E-state index contributed by atoms with van der Waals surface area (Å²) < 4.78 is 46.4. The number of rotatable bonds is 10. The Labute approximate surface area is 232 Å². The largest absolute Gasteiger partial charge is 0.418 e. The predicted octanol–water partition coefficient (Wildman–Crippen LogP) is 3.18. The normalized spacial score (nSPS) is 16.5. The van der Waals surface area contributed by atoms with E-state index in [1.165, 1.54) is 17.2 Å². The molecule has 2 amide bonds. The summed E-state index contributed by atoms with van der Waals surface area (Å²) in [4.78, 5) is 38.1. The third kappa shape index (κ3) is 7.03. The summed E-state index contributed by atoms with van der Waals surface area (Å²) in [5.41, 5.74) is 0.897. The van der Waals surface area contributed by atoms with Crippen LogP contribution in [0.4, 0.5) is 24.5 Å². The number of likely N-dealkylation sites (N-methyl/N-ethyl adjacent to an activating group) is 2. The number of amides is 2. The molecule has 1 saturated heterocycles. The highest BCUT2D eigenvalue weighted by molar-refractivity contribution is 6.03.